The van der Waals surface area contributed by atoms with E-state index < -0.39 is 29.4 Å². The number of hydroxylamine groups is 2. The normalized spacial score (nSPS) is 18.8. The first-order valence-electron chi connectivity index (χ1n) is 13.0. The molecule has 2 atom stereocenters. The standard InChI is InChI=1S/C26H35N7O7/c1-25(2,3)39-22(34)28-20(29-23(35)40-26(4,5)6)27-21-31-30-19(38-21)18-13-12-17-14-32(18)24(36)33(17)37-15-16-10-8-7-9-11-16/h7-11,17-18H,12-15H2,1-6H3,(H2,27,28,29,31,34,35). The number of ether oxygens (including phenoxy) is 2. The Hall–Kier alpha value is -4.20. The van der Waals surface area contributed by atoms with Crippen molar-refractivity contribution in [1.29, 1.82) is 0 Å². The molecule has 2 saturated heterocycles. The second kappa shape index (κ2) is 11.5. The first kappa shape index (κ1) is 28.8. The van der Waals surface area contributed by atoms with Crippen LogP contribution in [0.2, 0.25) is 0 Å². The van der Waals surface area contributed by atoms with E-state index in [1.807, 2.05) is 30.3 Å². The summed E-state index contributed by atoms with van der Waals surface area (Å²) in [4.78, 5) is 49.4. The van der Waals surface area contributed by atoms with Gasteiger partial charge >= 0.3 is 24.2 Å². The largest absolute Gasteiger partial charge is 0.444 e. The van der Waals surface area contributed by atoms with Crippen LogP contribution in [-0.4, -0.2) is 68.1 Å². The minimum Gasteiger partial charge on any atom is -0.444 e. The molecular formula is C26H35N7O7. The Labute approximate surface area is 232 Å². The fourth-order valence-electron chi connectivity index (χ4n) is 4.16. The van der Waals surface area contributed by atoms with Crippen molar-refractivity contribution in [2.45, 2.75) is 84.3 Å². The molecule has 2 N–H and O–H groups in total. The first-order valence-corrected chi connectivity index (χ1v) is 13.0. The zero-order valence-corrected chi connectivity index (χ0v) is 23.5. The number of aliphatic imine (C=N–C) groups is 1. The van der Waals surface area contributed by atoms with Crippen molar-refractivity contribution in [3.05, 3.63) is 41.8 Å². The van der Waals surface area contributed by atoms with E-state index in [1.54, 1.807) is 46.4 Å². The number of hydrogen-bond donors (Lipinski definition) is 2. The van der Waals surface area contributed by atoms with Gasteiger partial charge in [0.15, 0.2) is 0 Å². The van der Waals surface area contributed by atoms with Gasteiger partial charge in [0.1, 0.15) is 23.9 Å². The molecule has 0 aliphatic carbocycles. The Morgan fingerprint density at radius 1 is 1.00 bits per heavy atom. The van der Waals surface area contributed by atoms with Crippen molar-refractivity contribution >= 4 is 30.2 Å². The molecule has 0 radical (unpaired) electrons. The van der Waals surface area contributed by atoms with Crippen LogP contribution in [0, 0.1) is 0 Å². The lowest BCUT2D eigenvalue weighted by Gasteiger charge is -2.27. The van der Waals surface area contributed by atoms with Crippen LogP contribution >= 0.6 is 0 Å². The van der Waals surface area contributed by atoms with Gasteiger partial charge < -0.3 is 18.8 Å². The van der Waals surface area contributed by atoms with Crippen LogP contribution < -0.4 is 10.6 Å². The fourth-order valence-corrected chi connectivity index (χ4v) is 4.16. The highest BCUT2D eigenvalue weighted by Crippen LogP contribution is 2.38. The Bertz CT molecular complexity index is 1220. The Morgan fingerprint density at radius 2 is 1.62 bits per heavy atom. The van der Waals surface area contributed by atoms with Crippen LogP contribution in [0.1, 0.15) is 71.9 Å². The van der Waals surface area contributed by atoms with Crippen molar-refractivity contribution in [2.75, 3.05) is 6.54 Å². The number of benzene rings is 1. The van der Waals surface area contributed by atoms with Crippen molar-refractivity contribution in [1.82, 2.24) is 30.8 Å². The monoisotopic (exact) mass is 557 g/mol. The van der Waals surface area contributed by atoms with E-state index in [-0.39, 0.29) is 36.5 Å². The van der Waals surface area contributed by atoms with Gasteiger partial charge in [-0.3, -0.25) is 15.5 Å². The molecule has 1 aromatic carbocycles. The quantitative estimate of drug-likeness (QED) is 0.406. The van der Waals surface area contributed by atoms with E-state index in [0.717, 1.165) is 5.56 Å². The van der Waals surface area contributed by atoms with Gasteiger partial charge in [-0.05, 0) is 59.9 Å². The van der Waals surface area contributed by atoms with Crippen LogP contribution in [0.3, 0.4) is 0 Å². The SMILES string of the molecule is CC(C)(C)OC(=O)NC(=Nc1nnc(C2CCC3CN2C(=O)N3OCc2ccccc2)o1)NC(=O)OC(C)(C)C. The number of amides is 4. The molecule has 3 heterocycles. The van der Waals surface area contributed by atoms with E-state index in [0.29, 0.717) is 19.4 Å². The molecule has 2 aromatic rings. The van der Waals surface area contributed by atoms with Gasteiger partial charge in [-0.1, -0.05) is 35.4 Å². The van der Waals surface area contributed by atoms with Gasteiger partial charge in [-0.25, -0.2) is 14.4 Å². The summed E-state index contributed by atoms with van der Waals surface area (Å²) in [5.74, 6) is -0.163. The topological polar surface area (TPSA) is 161 Å². The van der Waals surface area contributed by atoms with Gasteiger partial charge in [-0.2, -0.15) is 10.1 Å². The molecule has 2 aliphatic heterocycles. The van der Waals surface area contributed by atoms with Crippen molar-refractivity contribution in [2.24, 2.45) is 4.99 Å². The van der Waals surface area contributed by atoms with Crippen LogP contribution in [0.4, 0.5) is 20.4 Å². The minimum absolute atomic E-state index is 0.0875. The molecule has 14 nitrogen and oxygen atoms in total. The van der Waals surface area contributed by atoms with Crippen LogP contribution in [0.5, 0.6) is 0 Å². The maximum absolute atomic E-state index is 13.1. The fraction of sp³-hybridized carbons (Fsp3) is 0.538. The molecule has 4 amide bonds. The maximum Gasteiger partial charge on any atom is 0.414 e. The summed E-state index contributed by atoms with van der Waals surface area (Å²) in [6.07, 6.45) is -0.474. The third kappa shape index (κ3) is 7.68. The zero-order chi connectivity index (χ0) is 29.1. The highest BCUT2D eigenvalue weighted by atomic mass is 16.7. The minimum atomic E-state index is -0.862. The average molecular weight is 558 g/mol. The summed E-state index contributed by atoms with van der Waals surface area (Å²) in [5, 5.41) is 14.1. The Kier molecular flexibility index (Phi) is 8.28. The lowest BCUT2D eigenvalue weighted by molar-refractivity contribution is -0.140. The summed E-state index contributed by atoms with van der Waals surface area (Å²) in [5.41, 5.74) is -0.629. The molecular weight excluding hydrogens is 522 g/mol. The Balaban J connectivity index is 1.46. The molecule has 1 aromatic heterocycles. The maximum atomic E-state index is 13.1. The Morgan fingerprint density at radius 3 is 2.23 bits per heavy atom. The van der Waals surface area contributed by atoms with E-state index >= 15 is 0 Å². The molecule has 2 unspecified atom stereocenters. The number of aromatic nitrogens is 2. The number of nitrogens with one attached hydrogen (secondary N) is 2. The number of urea groups is 1. The second-order valence-corrected chi connectivity index (χ2v) is 11.4. The molecule has 40 heavy (non-hydrogen) atoms. The van der Waals surface area contributed by atoms with Crippen molar-refractivity contribution < 1.29 is 33.1 Å². The molecule has 2 aliphatic rings. The van der Waals surface area contributed by atoms with Crippen molar-refractivity contribution in [3.63, 3.8) is 0 Å². The summed E-state index contributed by atoms with van der Waals surface area (Å²) in [6, 6.07) is 8.50. The lowest BCUT2D eigenvalue weighted by Crippen LogP contribution is -2.47. The summed E-state index contributed by atoms with van der Waals surface area (Å²) in [7, 11) is 0. The summed E-state index contributed by atoms with van der Waals surface area (Å²) >= 11 is 0. The number of guanidine groups is 1. The van der Waals surface area contributed by atoms with Gasteiger partial charge in [0.2, 0.25) is 11.9 Å². The number of hydrogen-bond acceptors (Lipinski definition) is 10. The number of fused-ring (bicyclic) bond motifs is 2. The average Bonchev–Trinajstić information content (AvgIpc) is 3.39. The highest BCUT2D eigenvalue weighted by Gasteiger charge is 2.47. The zero-order valence-electron chi connectivity index (χ0n) is 23.5. The van der Waals surface area contributed by atoms with Gasteiger partial charge in [0.05, 0.1) is 6.04 Å². The number of alkyl carbamates (subject to hydrolysis) is 2. The molecule has 2 bridgehead atoms. The first-order chi connectivity index (χ1) is 18.8. The van der Waals surface area contributed by atoms with E-state index in [1.165, 1.54) is 5.06 Å². The van der Waals surface area contributed by atoms with Gasteiger partial charge in [-0.15, -0.1) is 5.10 Å². The number of nitrogens with zero attached hydrogens (tertiary/aromatic N) is 5. The molecule has 4 rings (SSSR count). The second-order valence-electron chi connectivity index (χ2n) is 11.4. The van der Waals surface area contributed by atoms with E-state index in [2.05, 4.69) is 25.8 Å². The van der Waals surface area contributed by atoms with Gasteiger partial charge in [0.25, 0.3) is 0 Å². The number of rotatable bonds is 5. The smallest absolute Gasteiger partial charge is 0.414 e. The molecule has 0 spiro atoms. The number of carbonyl (C=O) groups excluding carboxylic acids is 3. The molecule has 0 saturated carbocycles. The molecule has 2 fully saturated rings. The van der Waals surface area contributed by atoms with Crippen LogP contribution in [-0.2, 0) is 20.9 Å². The van der Waals surface area contributed by atoms with Crippen molar-refractivity contribution in [3.8, 4) is 0 Å². The number of piperidine rings is 1. The van der Waals surface area contributed by atoms with E-state index in [4.69, 9.17) is 18.7 Å². The highest BCUT2D eigenvalue weighted by molar-refractivity contribution is 6.02. The lowest BCUT2D eigenvalue weighted by atomic mass is 10.0. The molecule has 14 heteroatoms. The van der Waals surface area contributed by atoms with Crippen LogP contribution in [0.15, 0.2) is 39.7 Å². The molecule has 216 valence electrons. The third-order valence-electron chi connectivity index (χ3n) is 5.70. The predicted octanol–water partition coefficient (Wildman–Crippen LogP) is 4.18. The summed E-state index contributed by atoms with van der Waals surface area (Å²) in [6.45, 7) is 10.9. The third-order valence-corrected chi connectivity index (χ3v) is 5.70. The van der Waals surface area contributed by atoms with Crippen LogP contribution in [0.25, 0.3) is 0 Å². The van der Waals surface area contributed by atoms with E-state index in [9.17, 15) is 14.4 Å². The summed E-state index contributed by atoms with van der Waals surface area (Å²) < 4.78 is 16.2. The number of carbonyl (C=O) groups is 3. The predicted molar refractivity (Wildman–Crippen MR) is 141 cm³/mol. The van der Waals surface area contributed by atoms with Gasteiger partial charge in [0, 0.05) is 6.54 Å².